The topological polar surface area (TPSA) is 23.8 Å². The SMILES string of the molecule is N#CC1(c2cc(I)ccc2Cl)CCC1. The van der Waals surface area contributed by atoms with Gasteiger partial charge in [-0.2, -0.15) is 5.26 Å². The van der Waals surface area contributed by atoms with E-state index in [1.165, 1.54) is 0 Å². The number of hydrogen-bond acceptors (Lipinski definition) is 1. The molecule has 0 radical (unpaired) electrons. The van der Waals surface area contributed by atoms with E-state index in [0.717, 1.165) is 33.4 Å². The molecular weight excluding hydrogens is 308 g/mol. The Bertz CT molecular complexity index is 404. The van der Waals surface area contributed by atoms with Crippen LogP contribution in [0.3, 0.4) is 0 Å². The Hall–Kier alpha value is -0.270. The molecule has 0 aromatic heterocycles. The van der Waals surface area contributed by atoms with Gasteiger partial charge >= 0.3 is 0 Å². The van der Waals surface area contributed by atoms with Crippen molar-refractivity contribution in [1.82, 2.24) is 0 Å². The Morgan fingerprint density at radius 3 is 2.64 bits per heavy atom. The van der Waals surface area contributed by atoms with E-state index < -0.39 is 0 Å². The van der Waals surface area contributed by atoms with Crippen LogP contribution in [0, 0.1) is 14.9 Å². The van der Waals surface area contributed by atoms with Crippen molar-refractivity contribution >= 4 is 34.2 Å². The van der Waals surface area contributed by atoms with E-state index in [9.17, 15) is 5.26 Å². The first kappa shape index (κ1) is 10.3. The summed E-state index contributed by atoms with van der Waals surface area (Å²) in [5, 5.41) is 9.92. The molecule has 0 unspecified atom stereocenters. The third-order valence-corrected chi connectivity index (χ3v) is 3.87. The molecule has 0 bridgehead atoms. The lowest BCUT2D eigenvalue weighted by Gasteiger charge is -2.36. The molecule has 3 heteroatoms. The second kappa shape index (κ2) is 3.71. The highest BCUT2D eigenvalue weighted by molar-refractivity contribution is 14.1. The minimum absolute atomic E-state index is 0.293. The Morgan fingerprint density at radius 2 is 2.14 bits per heavy atom. The van der Waals surface area contributed by atoms with Gasteiger partial charge in [0.1, 0.15) is 0 Å². The number of nitriles is 1. The molecule has 1 aromatic rings. The Morgan fingerprint density at radius 1 is 1.43 bits per heavy atom. The van der Waals surface area contributed by atoms with Crippen molar-refractivity contribution in [3.05, 3.63) is 32.4 Å². The molecule has 0 heterocycles. The maximum Gasteiger partial charge on any atom is 0.0837 e. The van der Waals surface area contributed by atoms with Crippen LogP contribution in [0.5, 0.6) is 0 Å². The summed E-state index contributed by atoms with van der Waals surface area (Å²) in [7, 11) is 0. The van der Waals surface area contributed by atoms with Crippen molar-refractivity contribution in [1.29, 1.82) is 5.26 Å². The molecule has 0 N–H and O–H groups in total. The van der Waals surface area contributed by atoms with Gasteiger partial charge in [-0.3, -0.25) is 0 Å². The zero-order chi connectivity index (χ0) is 10.2. The zero-order valence-corrected chi connectivity index (χ0v) is 10.5. The average molecular weight is 318 g/mol. The van der Waals surface area contributed by atoms with Crippen LogP contribution in [0.2, 0.25) is 5.02 Å². The molecule has 0 aliphatic heterocycles. The van der Waals surface area contributed by atoms with E-state index in [4.69, 9.17) is 11.6 Å². The fourth-order valence-corrected chi connectivity index (χ4v) is 2.63. The molecule has 1 fully saturated rings. The Balaban J connectivity index is 2.50. The van der Waals surface area contributed by atoms with Gasteiger partial charge in [0.25, 0.3) is 0 Å². The number of hydrogen-bond donors (Lipinski definition) is 0. The summed E-state index contributed by atoms with van der Waals surface area (Å²) in [6.07, 6.45) is 3.03. The van der Waals surface area contributed by atoms with Gasteiger partial charge in [0.2, 0.25) is 0 Å². The maximum atomic E-state index is 9.19. The van der Waals surface area contributed by atoms with E-state index in [-0.39, 0.29) is 5.41 Å². The van der Waals surface area contributed by atoms with Crippen LogP contribution in [0.15, 0.2) is 18.2 Å². The summed E-state index contributed by atoms with van der Waals surface area (Å²) in [4.78, 5) is 0. The van der Waals surface area contributed by atoms with Crippen LogP contribution < -0.4 is 0 Å². The van der Waals surface area contributed by atoms with Crippen molar-refractivity contribution in [2.45, 2.75) is 24.7 Å². The highest BCUT2D eigenvalue weighted by Crippen LogP contribution is 2.45. The first-order valence-electron chi connectivity index (χ1n) is 4.55. The van der Waals surface area contributed by atoms with Crippen LogP contribution in [0.1, 0.15) is 24.8 Å². The summed E-state index contributed by atoms with van der Waals surface area (Å²) in [5.41, 5.74) is 0.720. The minimum Gasteiger partial charge on any atom is -0.197 e. The highest BCUT2D eigenvalue weighted by Gasteiger charge is 2.40. The van der Waals surface area contributed by atoms with Gasteiger partial charge in [-0.05, 0) is 65.6 Å². The molecule has 0 spiro atoms. The second-order valence-corrected chi connectivity index (χ2v) is 5.32. The minimum atomic E-state index is -0.293. The van der Waals surface area contributed by atoms with Gasteiger partial charge in [-0.25, -0.2) is 0 Å². The lowest BCUT2D eigenvalue weighted by molar-refractivity contribution is 0.324. The van der Waals surface area contributed by atoms with Crippen molar-refractivity contribution in [3.63, 3.8) is 0 Å². The average Bonchev–Trinajstić information content (AvgIpc) is 2.10. The molecule has 72 valence electrons. The van der Waals surface area contributed by atoms with E-state index in [2.05, 4.69) is 28.7 Å². The maximum absolute atomic E-state index is 9.19. The quantitative estimate of drug-likeness (QED) is 0.721. The molecule has 0 amide bonds. The first-order valence-corrected chi connectivity index (χ1v) is 6.00. The molecule has 0 saturated heterocycles. The standard InChI is InChI=1S/C11H9ClIN/c12-10-3-2-8(13)6-9(10)11(7-14)4-1-5-11/h2-3,6H,1,4-5H2. The van der Waals surface area contributed by atoms with E-state index in [0.29, 0.717) is 0 Å². The van der Waals surface area contributed by atoms with Gasteiger partial charge in [0.15, 0.2) is 0 Å². The first-order chi connectivity index (χ1) is 6.68. The van der Waals surface area contributed by atoms with Crippen molar-refractivity contribution in [2.75, 3.05) is 0 Å². The fraction of sp³-hybridized carbons (Fsp3) is 0.364. The number of benzene rings is 1. The van der Waals surface area contributed by atoms with Gasteiger partial charge in [0.05, 0.1) is 11.5 Å². The zero-order valence-electron chi connectivity index (χ0n) is 7.56. The van der Waals surface area contributed by atoms with E-state index in [1.807, 2.05) is 18.2 Å². The molecule has 1 saturated carbocycles. The van der Waals surface area contributed by atoms with E-state index >= 15 is 0 Å². The summed E-state index contributed by atoms with van der Waals surface area (Å²) >= 11 is 8.37. The van der Waals surface area contributed by atoms with Crippen LogP contribution in [-0.2, 0) is 5.41 Å². The molecule has 1 nitrogen and oxygen atoms in total. The summed E-state index contributed by atoms with van der Waals surface area (Å²) in [6.45, 7) is 0. The fourth-order valence-electron chi connectivity index (χ4n) is 1.84. The van der Waals surface area contributed by atoms with Crippen molar-refractivity contribution in [2.24, 2.45) is 0 Å². The molecule has 14 heavy (non-hydrogen) atoms. The lowest BCUT2D eigenvalue weighted by Crippen LogP contribution is -2.32. The number of halogens is 2. The van der Waals surface area contributed by atoms with Crippen LogP contribution in [-0.4, -0.2) is 0 Å². The summed E-state index contributed by atoms with van der Waals surface area (Å²) in [5.74, 6) is 0. The second-order valence-electron chi connectivity index (χ2n) is 3.67. The van der Waals surface area contributed by atoms with Crippen LogP contribution in [0.25, 0.3) is 0 Å². The molecular formula is C11H9ClIN. The molecule has 0 atom stereocenters. The predicted molar refractivity (Wildman–Crippen MR) is 65.3 cm³/mol. The van der Waals surface area contributed by atoms with Crippen molar-refractivity contribution in [3.8, 4) is 6.07 Å². The Labute approximate surface area is 102 Å². The van der Waals surface area contributed by atoms with Gasteiger partial charge < -0.3 is 0 Å². The van der Waals surface area contributed by atoms with Gasteiger partial charge in [-0.1, -0.05) is 11.6 Å². The number of nitrogens with zero attached hydrogens (tertiary/aromatic N) is 1. The summed E-state index contributed by atoms with van der Waals surface area (Å²) in [6, 6.07) is 8.30. The summed E-state index contributed by atoms with van der Waals surface area (Å²) < 4.78 is 1.14. The Kier molecular flexibility index (Phi) is 2.72. The third kappa shape index (κ3) is 1.53. The van der Waals surface area contributed by atoms with Crippen LogP contribution in [0.4, 0.5) is 0 Å². The largest absolute Gasteiger partial charge is 0.197 e. The van der Waals surface area contributed by atoms with Crippen LogP contribution >= 0.6 is 34.2 Å². The molecule has 1 aliphatic carbocycles. The smallest absolute Gasteiger partial charge is 0.0837 e. The van der Waals surface area contributed by atoms with Gasteiger partial charge in [-0.15, -0.1) is 0 Å². The van der Waals surface area contributed by atoms with Crippen molar-refractivity contribution < 1.29 is 0 Å². The molecule has 2 rings (SSSR count). The number of rotatable bonds is 1. The van der Waals surface area contributed by atoms with E-state index in [1.54, 1.807) is 0 Å². The highest BCUT2D eigenvalue weighted by atomic mass is 127. The monoisotopic (exact) mass is 317 g/mol. The third-order valence-electron chi connectivity index (χ3n) is 2.87. The van der Waals surface area contributed by atoms with Gasteiger partial charge in [0, 0.05) is 8.59 Å². The normalized spacial score (nSPS) is 18.4. The molecule has 1 aromatic carbocycles. The predicted octanol–water partition coefficient (Wildman–Crippen LogP) is 3.89. The molecule has 1 aliphatic rings. The lowest BCUT2D eigenvalue weighted by atomic mass is 9.65.